The molecule has 4 heteroatoms. The molecule has 0 N–H and O–H groups in total. The van der Waals surface area contributed by atoms with Crippen LogP contribution in [0.3, 0.4) is 0 Å². The summed E-state index contributed by atoms with van der Waals surface area (Å²) in [7, 11) is 2.22. The van der Waals surface area contributed by atoms with Gasteiger partial charge in [-0.15, -0.1) is 12.4 Å². The van der Waals surface area contributed by atoms with Crippen LogP contribution in [0.15, 0.2) is 24.3 Å². The molecule has 0 aromatic heterocycles. The lowest BCUT2D eigenvalue weighted by Gasteiger charge is -2.33. The Balaban J connectivity index is 0.00000208. The number of benzene rings is 1. The highest BCUT2D eigenvalue weighted by Crippen LogP contribution is 2.23. The normalized spacial score (nSPS) is 23.1. The molecule has 2 aliphatic rings. The van der Waals surface area contributed by atoms with E-state index in [1.165, 1.54) is 82.7 Å². The number of anilines is 1. The Hall–Kier alpha value is -0.770. The second-order valence-electron chi connectivity index (χ2n) is 7.61. The van der Waals surface area contributed by atoms with Crippen LogP contribution < -0.4 is 4.90 Å². The maximum atomic E-state index is 2.61. The quantitative estimate of drug-likeness (QED) is 0.803. The standard InChI is InChI=1S/C20H33N3.ClH/c1-18-5-3-12-23(17-18)20-9-7-19(8-10-20)6-4-11-22-15-13-21(2)14-16-22;/h7-10,18H,3-6,11-17H2,1-2H3;1H. The largest absolute Gasteiger partial charge is 0.371 e. The van der Waals surface area contributed by atoms with Crippen LogP contribution in [0.4, 0.5) is 5.69 Å². The molecule has 3 nitrogen and oxygen atoms in total. The molecule has 0 radical (unpaired) electrons. The number of aryl methyl sites for hydroxylation is 1. The summed E-state index contributed by atoms with van der Waals surface area (Å²) in [5, 5.41) is 0. The molecule has 24 heavy (non-hydrogen) atoms. The Labute approximate surface area is 154 Å². The summed E-state index contributed by atoms with van der Waals surface area (Å²) < 4.78 is 0. The van der Waals surface area contributed by atoms with E-state index in [1.807, 2.05) is 0 Å². The zero-order valence-corrected chi connectivity index (χ0v) is 16.2. The van der Waals surface area contributed by atoms with E-state index in [-0.39, 0.29) is 12.4 Å². The molecule has 2 fully saturated rings. The van der Waals surface area contributed by atoms with E-state index in [0.717, 1.165) is 5.92 Å². The van der Waals surface area contributed by atoms with Crippen LogP contribution in [0.1, 0.15) is 31.7 Å². The molecule has 3 rings (SSSR count). The van der Waals surface area contributed by atoms with E-state index in [0.29, 0.717) is 0 Å². The van der Waals surface area contributed by atoms with E-state index >= 15 is 0 Å². The molecule has 1 atom stereocenters. The fourth-order valence-corrected chi connectivity index (χ4v) is 3.88. The van der Waals surface area contributed by atoms with Crippen LogP contribution in [0.5, 0.6) is 0 Å². The first-order valence-corrected chi connectivity index (χ1v) is 9.45. The van der Waals surface area contributed by atoms with Gasteiger partial charge in [-0.1, -0.05) is 19.1 Å². The number of piperidine rings is 1. The van der Waals surface area contributed by atoms with E-state index in [1.54, 1.807) is 0 Å². The molecule has 2 heterocycles. The van der Waals surface area contributed by atoms with Crippen molar-refractivity contribution >= 4 is 18.1 Å². The van der Waals surface area contributed by atoms with Crippen molar-refractivity contribution in [2.75, 3.05) is 57.8 Å². The second kappa shape index (κ2) is 9.65. The molecule has 0 saturated carbocycles. The fourth-order valence-electron chi connectivity index (χ4n) is 3.88. The summed E-state index contributed by atoms with van der Waals surface area (Å²) in [4.78, 5) is 7.60. The lowest BCUT2D eigenvalue weighted by Crippen LogP contribution is -2.44. The van der Waals surface area contributed by atoms with Gasteiger partial charge < -0.3 is 14.7 Å². The van der Waals surface area contributed by atoms with Crippen molar-refractivity contribution in [2.45, 2.75) is 32.6 Å². The van der Waals surface area contributed by atoms with Crippen molar-refractivity contribution in [1.82, 2.24) is 9.80 Å². The molecule has 1 aromatic rings. The molecule has 1 aromatic carbocycles. The number of piperazine rings is 1. The van der Waals surface area contributed by atoms with Gasteiger partial charge in [-0.2, -0.15) is 0 Å². The predicted molar refractivity (Wildman–Crippen MR) is 107 cm³/mol. The first-order chi connectivity index (χ1) is 11.2. The predicted octanol–water partition coefficient (Wildman–Crippen LogP) is 3.52. The number of nitrogens with zero attached hydrogens (tertiary/aromatic N) is 3. The van der Waals surface area contributed by atoms with Gasteiger partial charge in [0.15, 0.2) is 0 Å². The zero-order valence-electron chi connectivity index (χ0n) is 15.4. The second-order valence-corrected chi connectivity index (χ2v) is 7.61. The molecule has 0 amide bonds. The summed E-state index contributed by atoms with van der Waals surface area (Å²) in [5.41, 5.74) is 2.91. The molecule has 0 bridgehead atoms. The Bertz CT molecular complexity index is 468. The molecular formula is C20H34ClN3. The minimum atomic E-state index is 0. The topological polar surface area (TPSA) is 9.72 Å². The first kappa shape index (κ1) is 19.6. The van der Waals surface area contributed by atoms with E-state index in [4.69, 9.17) is 0 Å². The van der Waals surface area contributed by atoms with Crippen molar-refractivity contribution in [3.8, 4) is 0 Å². The average Bonchev–Trinajstić information content (AvgIpc) is 2.57. The van der Waals surface area contributed by atoms with Gasteiger partial charge in [-0.3, -0.25) is 0 Å². The average molecular weight is 352 g/mol. The summed E-state index contributed by atoms with van der Waals surface area (Å²) in [6, 6.07) is 9.36. The van der Waals surface area contributed by atoms with Gasteiger partial charge in [0, 0.05) is 45.0 Å². The zero-order chi connectivity index (χ0) is 16.1. The maximum Gasteiger partial charge on any atom is 0.0366 e. The summed E-state index contributed by atoms with van der Waals surface area (Å²) in [6.45, 7) is 11.0. The maximum absolute atomic E-state index is 2.61. The SMILES string of the molecule is CC1CCCN(c2ccc(CCCN3CCN(C)CC3)cc2)C1.Cl. The number of likely N-dealkylation sites (N-methyl/N-ethyl adjacent to an activating group) is 1. The third-order valence-corrected chi connectivity index (χ3v) is 5.49. The highest BCUT2D eigenvalue weighted by molar-refractivity contribution is 5.85. The number of hydrogen-bond acceptors (Lipinski definition) is 3. The van der Waals surface area contributed by atoms with Crippen molar-refractivity contribution in [2.24, 2.45) is 5.92 Å². The number of halogens is 1. The first-order valence-electron chi connectivity index (χ1n) is 9.45. The molecule has 0 spiro atoms. The van der Waals surface area contributed by atoms with Crippen LogP contribution in [-0.2, 0) is 6.42 Å². The van der Waals surface area contributed by atoms with E-state index < -0.39 is 0 Å². The molecule has 1 unspecified atom stereocenters. The van der Waals surface area contributed by atoms with Gasteiger partial charge in [0.1, 0.15) is 0 Å². The fraction of sp³-hybridized carbons (Fsp3) is 0.700. The molecular weight excluding hydrogens is 318 g/mol. The van der Waals surface area contributed by atoms with Gasteiger partial charge in [0.25, 0.3) is 0 Å². The summed E-state index contributed by atoms with van der Waals surface area (Å²) >= 11 is 0. The number of rotatable bonds is 5. The van der Waals surface area contributed by atoms with Gasteiger partial charge >= 0.3 is 0 Å². The minimum absolute atomic E-state index is 0. The van der Waals surface area contributed by atoms with Crippen LogP contribution in [0.2, 0.25) is 0 Å². The monoisotopic (exact) mass is 351 g/mol. The third kappa shape index (κ3) is 5.65. The Kier molecular flexibility index (Phi) is 7.86. The van der Waals surface area contributed by atoms with Crippen LogP contribution in [0, 0.1) is 5.92 Å². The van der Waals surface area contributed by atoms with Crippen molar-refractivity contribution in [3.63, 3.8) is 0 Å². The molecule has 0 aliphatic carbocycles. The lowest BCUT2D eigenvalue weighted by atomic mass is 9.99. The molecule has 2 saturated heterocycles. The summed E-state index contributed by atoms with van der Waals surface area (Å²) in [6.07, 6.45) is 5.22. The van der Waals surface area contributed by atoms with Gasteiger partial charge in [-0.05, 0) is 62.9 Å². The van der Waals surface area contributed by atoms with Crippen LogP contribution in [-0.4, -0.2) is 62.7 Å². The minimum Gasteiger partial charge on any atom is -0.371 e. The number of hydrogen-bond donors (Lipinski definition) is 0. The van der Waals surface area contributed by atoms with Crippen molar-refractivity contribution < 1.29 is 0 Å². The van der Waals surface area contributed by atoms with Crippen LogP contribution >= 0.6 is 12.4 Å². The lowest BCUT2D eigenvalue weighted by molar-refractivity contribution is 0.153. The van der Waals surface area contributed by atoms with E-state index in [2.05, 4.69) is 52.9 Å². The Morgan fingerprint density at radius 3 is 2.38 bits per heavy atom. The Morgan fingerprint density at radius 2 is 1.71 bits per heavy atom. The van der Waals surface area contributed by atoms with Gasteiger partial charge in [-0.25, -0.2) is 0 Å². The molecule has 136 valence electrons. The highest BCUT2D eigenvalue weighted by atomic mass is 35.5. The van der Waals surface area contributed by atoms with Crippen molar-refractivity contribution in [3.05, 3.63) is 29.8 Å². The Morgan fingerprint density at radius 1 is 1.00 bits per heavy atom. The van der Waals surface area contributed by atoms with E-state index in [9.17, 15) is 0 Å². The van der Waals surface area contributed by atoms with Gasteiger partial charge in [0.05, 0.1) is 0 Å². The van der Waals surface area contributed by atoms with Crippen LogP contribution in [0.25, 0.3) is 0 Å². The third-order valence-electron chi connectivity index (χ3n) is 5.49. The van der Waals surface area contributed by atoms with Crippen molar-refractivity contribution in [1.29, 1.82) is 0 Å². The molecule has 2 aliphatic heterocycles. The smallest absolute Gasteiger partial charge is 0.0366 e. The highest BCUT2D eigenvalue weighted by Gasteiger charge is 2.16. The summed E-state index contributed by atoms with van der Waals surface area (Å²) in [5.74, 6) is 0.840. The van der Waals surface area contributed by atoms with Gasteiger partial charge in [0.2, 0.25) is 0 Å².